The number of thiazole rings is 1. The zero-order valence-electron chi connectivity index (χ0n) is 14.4. The Morgan fingerprint density at radius 1 is 1.04 bits per heavy atom. The van der Waals surface area contributed by atoms with Crippen LogP contribution in [0.2, 0.25) is 0 Å². The molecule has 0 fully saturated rings. The third kappa shape index (κ3) is 3.76. The predicted molar refractivity (Wildman–Crippen MR) is 102 cm³/mol. The maximum atomic E-state index is 12.6. The summed E-state index contributed by atoms with van der Waals surface area (Å²) >= 11 is 2.49. The van der Waals surface area contributed by atoms with Crippen LogP contribution in [0.25, 0.3) is 10.6 Å². The highest BCUT2D eigenvalue weighted by Gasteiger charge is 2.18. The number of rotatable bonds is 5. The molecule has 1 amide bonds. The third-order valence-corrected chi connectivity index (χ3v) is 5.76. The summed E-state index contributed by atoms with van der Waals surface area (Å²) < 4.78 is 9.82. The lowest BCUT2D eigenvalue weighted by Crippen LogP contribution is -2.10. The Hall–Kier alpha value is -2.71. The molecule has 1 N–H and O–H groups in total. The van der Waals surface area contributed by atoms with Gasteiger partial charge in [-0.05, 0) is 43.3 Å². The molecule has 0 spiro atoms. The minimum Gasteiger partial charge on any atom is -0.497 e. The Bertz CT molecular complexity index is 945. The van der Waals surface area contributed by atoms with Gasteiger partial charge in [0.15, 0.2) is 0 Å². The summed E-state index contributed by atoms with van der Waals surface area (Å²) in [5.74, 6) is 0.0865. The normalized spacial score (nSPS) is 10.4. The number of nitrogens with zero attached hydrogens (tertiary/aromatic N) is 1. The number of nitrogens with one attached hydrogen (secondary N) is 1. The van der Waals surface area contributed by atoms with Crippen LogP contribution in [0.3, 0.4) is 0 Å². The molecule has 3 rings (SSSR count). The number of esters is 1. The number of methoxy groups -OCH3 is 2. The van der Waals surface area contributed by atoms with Crippen molar-refractivity contribution in [3.05, 3.63) is 51.8 Å². The maximum Gasteiger partial charge on any atom is 0.348 e. The van der Waals surface area contributed by atoms with E-state index in [2.05, 4.69) is 15.0 Å². The van der Waals surface area contributed by atoms with Crippen molar-refractivity contribution >= 4 is 39.6 Å². The van der Waals surface area contributed by atoms with Gasteiger partial charge in [-0.2, -0.15) is 0 Å². The van der Waals surface area contributed by atoms with Crippen LogP contribution in [0.4, 0.5) is 5.00 Å². The Morgan fingerprint density at radius 2 is 1.77 bits per heavy atom. The lowest BCUT2D eigenvalue weighted by atomic mass is 10.2. The van der Waals surface area contributed by atoms with E-state index in [1.807, 2.05) is 24.3 Å². The van der Waals surface area contributed by atoms with Gasteiger partial charge in [0.1, 0.15) is 20.5 Å². The highest BCUT2D eigenvalue weighted by atomic mass is 32.1. The molecule has 2 heterocycles. The van der Waals surface area contributed by atoms with Crippen LogP contribution in [-0.4, -0.2) is 31.1 Å². The van der Waals surface area contributed by atoms with Gasteiger partial charge in [0.05, 0.1) is 24.9 Å². The summed E-state index contributed by atoms with van der Waals surface area (Å²) in [6, 6.07) is 10.8. The van der Waals surface area contributed by atoms with Gasteiger partial charge in [-0.15, -0.1) is 22.7 Å². The van der Waals surface area contributed by atoms with Gasteiger partial charge >= 0.3 is 5.97 Å². The summed E-state index contributed by atoms with van der Waals surface area (Å²) in [7, 11) is 2.93. The summed E-state index contributed by atoms with van der Waals surface area (Å²) in [6.07, 6.45) is 0. The average Bonchev–Trinajstić information content (AvgIpc) is 3.28. The van der Waals surface area contributed by atoms with Gasteiger partial charge in [0.2, 0.25) is 0 Å². The van der Waals surface area contributed by atoms with Crippen molar-refractivity contribution in [2.75, 3.05) is 19.5 Å². The molecule has 0 aliphatic heterocycles. The molecule has 6 nitrogen and oxygen atoms in total. The number of hydrogen-bond donors (Lipinski definition) is 1. The van der Waals surface area contributed by atoms with Crippen LogP contribution in [0.5, 0.6) is 5.75 Å². The van der Waals surface area contributed by atoms with Crippen LogP contribution in [-0.2, 0) is 4.74 Å². The smallest absolute Gasteiger partial charge is 0.348 e. The second-order valence-electron chi connectivity index (χ2n) is 5.27. The van der Waals surface area contributed by atoms with E-state index in [1.54, 1.807) is 26.2 Å². The first kappa shape index (κ1) is 18.1. The van der Waals surface area contributed by atoms with Crippen LogP contribution in [0.15, 0.2) is 36.4 Å². The second-order valence-corrected chi connectivity index (χ2v) is 7.35. The molecule has 26 heavy (non-hydrogen) atoms. The standard InChI is InChI=1S/C18H16N2O4S2/c1-10-15(16(21)20-14-9-8-13(25-14)18(22)24-3)26-17(19-10)11-4-6-12(23-2)7-5-11/h4-9H,1-3H3,(H,20,21). The molecule has 0 saturated heterocycles. The molecule has 0 aliphatic carbocycles. The molecule has 1 aromatic carbocycles. The molecule has 0 aliphatic rings. The van der Waals surface area contributed by atoms with Crippen molar-refractivity contribution in [2.24, 2.45) is 0 Å². The van der Waals surface area contributed by atoms with Crippen molar-refractivity contribution < 1.29 is 19.1 Å². The summed E-state index contributed by atoms with van der Waals surface area (Å²) in [5.41, 5.74) is 1.57. The molecule has 0 bridgehead atoms. The molecular formula is C18H16N2O4S2. The van der Waals surface area contributed by atoms with Crippen molar-refractivity contribution in [1.82, 2.24) is 4.98 Å². The molecular weight excluding hydrogens is 372 g/mol. The SMILES string of the molecule is COC(=O)c1ccc(NC(=O)c2sc(-c3ccc(OC)cc3)nc2C)s1. The fourth-order valence-electron chi connectivity index (χ4n) is 2.25. The quantitative estimate of drug-likeness (QED) is 0.662. The molecule has 3 aromatic rings. The topological polar surface area (TPSA) is 77.5 Å². The first-order chi connectivity index (χ1) is 12.5. The predicted octanol–water partition coefficient (Wildman–Crippen LogP) is 4.23. The fourth-order valence-corrected chi connectivity index (χ4v) is 4.03. The molecule has 0 atom stereocenters. The van der Waals surface area contributed by atoms with Gasteiger partial charge in [0.25, 0.3) is 5.91 Å². The minimum absolute atomic E-state index is 0.252. The lowest BCUT2D eigenvalue weighted by molar-refractivity contribution is 0.0606. The molecule has 2 aromatic heterocycles. The zero-order valence-corrected chi connectivity index (χ0v) is 16.0. The minimum atomic E-state index is -0.425. The van der Waals surface area contributed by atoms with Crippen LogP contribution in [0.1, 0.15) is 25.0 Å². The number of carbonyl (C=O) groups excluding carboxylic acids is 2. The number of carbonyl (C=O) groups is 2. The van der Waals surface area contributed by atoms with Crippen molar-refractivity contribution in [3.63, 3.8) is 0 Å². The molecule has 0 saturated carbocycles. The molecule has 134 valence electrons. The van der Waals surface area contributed by atoms with E-state index >= 15 is 0 Å². The Kier molecular flexibility index (Phi) is 5.34. The number of amides is 1. The van der Waals surface area contributed by atoms with E-state index in [-0.39, 0.29) is 5.91 Å². The summed E-state index contributed by atoms with van der Waals surface area (Å²) in [4.78, 5) is 29.5. The Labute approximate surface area is 158 Å². The largest absolute Gasteiger partial charge is 0.497 e. The average molecular weight is 388 g/mol. The summed E-state index contributed by atoms with van der Waals surface area (Å²) in [5, 5.41) is 4.14. The van der Waals surface area contributed by atoms with E-state index in [1.165, 1.54) is 29.8 Å². The number of ether oxygens (including phenoxy) is 2. The molecule has 8 heteroatoms. The second kappa shape index (κ2) is 7.67. The first-order valence-corrected chi connectivity index (χ1v) is 9.26. The first-order valence-electron chi connectivity index (χ1n) is 7.63. The molecule has 0 unspecified atom stereocenters. The van der Waals surface area contributed by atoms with Crippen LogP contribution >= 0.6 is 22.7 Å². The number of aromatic nitrogens is 1. The maximum absolute atomic E-state index is 12.6. The van der Waals surface area contributed by atoms with Crippen molar-refractivity contribution in [1.29, 1.82) is 0 Å². The number of anilines is 1. The van der Waals surface area contributed by atoms with E-state index in [4.69, 9.17) is 4.74 Å². The number of benzene rings is 1. The van der Waals surface area contributed by atoms with Crippen molar-refractivity contribution in [2.45, 2.75) is 6.92 Å². The van der Waals surface area contributed by atoms with Crippen LogP contribution < -0.4 is 10.1 Å². The highest BCUT2D eigenvalue weighted by Crippen LogP contribution is 2.30. The third-order valence-electron chi connectivity index (χ3n) is 3.57. The monoisotopic (exact) mass is 388 g/mol. The zero-order chi connectivity index (χ0) is 18.7. The van der Waals surface area contributed by atoms with E-state index < -0.39 is 5.97 Å². The van der Waals surface area contributed by atoms with Gasteiger partial charge in [0, 0.05) is 5.56 Å². The number of aryl methyl sites for hydroxylation is 1. The highest BCUT2D eigenvalue weighted by molar-refractivity contribution is 7.19. The number of thiophene rings is 1. The summed E-state index contributed by atoms with van der Waals surface area (Å²) in [6.45, 7) is 1.80. The lowest BCUT2D eigenvalue weighted by Gasteiger charge is -2.00. The van der Waals surface area contributed by atoms with E-state index in [9.17, 15) is 9.59 Å². The van der Waals surface area contributed by atoms with E-state index in [0.29, 0.717) is 20.4 Å². The van der Waals surface area contributed by atoms with Crippen molar-refractivity contribution in [3.8, 4) is 16.3 Å². The number of hydrogen-bond acceptors (Lipinski definition) is 7. The van der Waals surface area contributed by atoms with Gasteiger partial charge in [-0.25, -0.2) is 9.78 Å². The van der Waals surface area contributed by atoms with Gasteiger partial charge < -0.3 is 14.8 Å². The van der Waals surface area contributed by atoms with Gasteiger partial charge in [-0.3, -0.25) is 4.79 Å². The van der Waals surface area contributed by atoms with Gasteiger partial charge in [-0.1, -0.05) is 0 Å². The molecule has 0 radical (unpaired) electrons. The fraction of sp³-hybridized carbons (Fsp3) is 0.167. The van der Waals surface area contributed by atoms with E-state index in [0.717, 1.165) is 16.3 Å². The Morgan fingerprint density at radius 3 is 2.42 bits per heavy atom. The Balaban J connectivity index is 1.78. The van der Waals surface area contributed by atoms with Crippen LogP contribution in [0, 0.1) is 6.92 Å².